The summed E-state index contributed by atoms with van der Waals surface area (Å²) in [5.74, 6) is -1.28. The summed E-state index contributed by atoms with van der Waals surface area (Å²) in [6.07, 6.45) is 1.83. The number of benzene rings is 2. The number of rotatable bonds is 5. The standard InChI is InChI=1S/C22H25ClF2N2O4S/c1-22(29)8-2-10-27(11-3-9-22)32(30,31)20-12-15(4-5-16(20)14-24)21(28)26-17-6-7-19(25)18(23)13-17/h4-7,12-13,29H,2-3,8-11,14H2,1H3,(H,26,28). The Bertz CT molecular complexity index is 1100. The third kappa shape index (κ3) is 5.64. The molecule has 32 heavy (non-hydrogen) atoms. The van der Waals surface area contributed by atoms with Crippen molar-refractivity contribution in [2.45, 2.75) is 49.8 Å². The van der Waals surface area contributed by atoms with Gasteiger partial charge in [-0.3, -0.25) is 4.79 Å². The van der Waals surface area contributed by atoms with Crippen LogP contribution in [0.15, 0.2) is 41.3 Å². The van der Waals surface area contributed by atoms with Gasteiger partial charge in [-0.15, -0.1) is 0 Å². The van der Waals surface area contributed by atoms with E-state index in [0.29, 0.717) is 25.7 Å². The lowest BCUT2D eigenvalue weighted by Crippen LogP contribution is -2.38. The molecule has 174 valence electrons. The van der Waals surface area contributed by atoms with Crippen molar-refractivity contribution in [1.82, 2.24) is 4.31 Å². The van der Waals surface area contributed by atoms with Crippen molar-refractivity contribution in [3.05, 3.63) is 58.4 Å². The van der Waals surface area contributed by atoms with E-state index in [1.54, 1.807) is 6.92 Å². The molecule has 1 amide bonds. The van der Waals surface area contributed by atoms with Gasteiger partial charge in [0, 0.05) is 29.9 Å². The number of aliphatic hydroxyl groups is 1. The molecule has 2 aromatic carbocycles. The molecule has 1 aliphatic heterocycles. The summed E-state index contributed by atoms with van der Waals surface area (Å²) in [7, 11) is -4.06. The van der Waals surface area contributed by atoms with E-state index in [9.17, 15) is 27.1 Å². The first kappa shape index (κ1) is 24.6. The number of nitrogens with zero attached hydrogens (tertiary/aromatic N) is 1. The topological polar surface area (TPSA) is 86.7 Å². The Morgan fingerprint density at radius 1 is 1.19 bits per heavy atom. The van der Waals surface area contributed by atoms with Gasteiger partial charge < -0.3 is 10.4 Å². The van der Waals surface area contributed by atoms with Crippen LogP contribution in [0, 0.1) is 5.82 Å². The predicted octanol–water partition coefficient (Wildman–Crippen LogP) is 4.52. The molecule has 10 heteroatoms. The second kappa shape index (κ2) is 9.82. The van der Waals surface area contributed by atoms with Gasteiger partial charge in [-0.25, -0.2) is 17.2 Å². The fourth-order valence-corrected chi connectivity index (χ4v) is 5.64. The van der Waals surface area contributed by atoms with Gasteiger partial charge in [0.1, 0.15) is 12.5 Å². The molecule has 6 nitrogen and oxygen atoms in total. The van der Waals surface area contributed by atoms with Gasteiger partial charge in [0.25, 0.3) is 5.91 Å². The highest BCUT2D eigenvalue weighted by Crippen LogP contribution is 2.28. The lowest BCUT2D eigenvalue weighted by Gasteiger charge is -2.31. The Hall–Kier alpha value is -2.07. The third-order valence-corrected chi connectivity index (χ3v) is 7.78. The van der Waals surface area contributed by atoms with Crippen LogP contribution in [0.5, 0.6) is 0 Å². The molecule has 3 rings (SSSR count). The Labute approximate surface area is 191 Å². The number of alkyl halides is 1. The number of carbonyl (C=O) groups is 1. The number of anilines is 1. The maximum absolute atomic E-state index is 13.6. The Morgan fingerprint density at radius 3 is 2.44 bits per heavy atom. The van der Waals surface area contributed by atoms with Crippen LogP contribution in [-0.4, -0.2) is 42.4 Å². The minimum atomic E-state index is -4.06. The minimum Gasteiger partial charge on any atom is -0.390 e. The zero-order valence-corrected chi connectivity index (χ0v) is 19.1. The summed E-state index contributed by atoms with van der Waals surface area (Å²) in [6, 6.07) is 7.41. The van der Waals surface area contributed by atoms with Crippen LogP contribution in [0.2, 0.25) is 5.02 Å². The first-order valence-corrected chi connectivity index (χ1v) is 12.0. The second-order valence-corrected chi connectivity index (χ2v) is 10.5. The van der Waals surface area contributed by atoms with Crippen molar-refractivity contribution >= 4 is 33.2 Å². The number of carbonyl (C=O) groups excluding carboxylic acids is 1. The third-order valence-electron chi connectivity index (χ3n) is 5.51. The average Bonchev–Trinajstić information content (AvgIpc) is 2.73. The van der Waals surface area contributed by atoms with Gasteiger partial charge in [-0.05, 0) is 62.9 Å². The van der Waals surface area contributed by atoms with Crippen molar-refractivity contribution in [3.8, 4) is 0 Å². The molecule has 1 fully saturated rings. The second-order valence-electron chi connectivity index (χ2n) is 8.15. The number of nitrogens with one attached hydrogen (secondary N) is 1. The van der Waals surface area contributed by atoms with Crippen LogP contribution in [0.25, 0.3) is 0 Å². The van der Waals surface area contributed by atoms with E-state index in [2.05, 4.69) is 5.32 Å². The van der Waals surface area contributed by atoms with Crippen molar-refractivity contribution in [3.63, 3.8) is 0 Å². The molecule has 2 aromatic rings. The van der Waals surface area contributed by atoms with Gasteiger partial charge in [0.05, 0.1) is 15.5 Å². The molecule has 0 saturated carbocycles. The Morgan fingerprint density at radius 2 is 1.84 bits per heavy atom. The summed E-state index contributed by atoms with van der Waals surface area (Å²) in [6.45, 7) is 1.10. The SMILES string of the molecule is CC1(O)CCCN(S(=O)(=O)c2cc(C(=O)Nc3ccc(F)c(Cl)c3)ccc2CF)CCC1. The normalized spacial score (nSPS) is 17.4. The molecule has 0 atom stereocenters. The van der Waals surface area contributed by atoms with Gasteiger partial charge in [0.15, 0.2) is 0 Å². The number of sulfonamides is 1. The van der Waals surface area contributed by atoms with Crippen LogP contribution in [0.1, 0.15) is 48.5 Å². The molecule has 0 radical (unpaired) electrons. The Balaban J connectivity index is 1.88. The average molecular weight is 487 g/mol. The highest BCUT2D eigenvalue weighted by atomic mass is 35.5. The molecule has 1 heterocycles. The van der Waals surface area contributed by atoms with Crippen LogP contribution in [-0.2, 0) is 16.7 Å². The fourth-order valence-electron chi connectivity index (χ4n) is 3.71. The van der Waals surface area contributed by atoms with E-state index >= 15 is 0 Å². The molecule has 0 spiro atoms. The number of halogens is 3. The number of hydrogen-bond donors (Lipinski definition) is 2. The summed E-state index contributed by atoms with van der Waals surface area (Å²) in [5.41, 5.74) is -0.630. The van der Waals surface area contributed by atoms with Gasteiger partial charge in [-0.2, -0.15) is 4.31 Å². The van der Waals surface area contributed by atoms with Gasteiger partial charge >= 0.3 is 0 Å². The van der Waals surface area contributed by atoms with E-state index in [1.165, 1.54) is 28.6 Å². The van der Waals surface area contributed by atoms with Crippen molar-refractivity contribution < 1.29 is 27.1 Å². The van der Waals surface area contributed by atoms with Crippen LogP contribution in [0.4, 0.5) is 14.5 Å². The molecule has 0 aliphatic carbocycles. The van der Waals surface area contributed by atoms with Crippen molar-refractivity contribution in [2.75, 3.05) is 18.4 Å². The summed E-state index contributed by atoms with van der Waals surface area (Å²) in [5, 5.41) is 12.6. The molecule has 1 saturated heterocycles. The lowest BCUT2D eigenvalue weighted by molar-refractivity contribution is 0.0297. The Kier molecular flexibility index (Phi) is 7.54. The molecule has 0 unspecified atom stereocenters. The smallest absolute Gasteiger partial charge is 0.255 e. The maximum Gasteiger partial charge on any atom is 0.255 e. The largest absolute Gasteiger partial charge is 0.390 e. The maximum atomic E-state index is 13.6. The van der Waals surface area contributed by atoms with E-state index in [1.807, 2.05) is 0 Å². The zero-order chi connectivity index (χ0) is 23.5. The van der Waals surface area contributed by atoms with E-state index in [0.717, 1.165) is 12.1 Å². The highest BCUT2D eigenvalue weighted by Gasteiger charge is 2.31. The van der Waals surface area contributed by atoms with Crippen LogP contribution in [0.3, 0.4) is 0 Å². The summed E-state index contributed by atoms with van der Waals surface area (Å²) >= 11 is 5.73. The predicted molar refractivity (Wildman–Crippen MR) is 118 cm³/mol. The quantitative estimate of drug-likeness (QED) is 0.650. The first-order chi connectivity index (χ1) is 15.0. The van der Waals surface area contributed by atoms with Gasteiger partial charge in [-0.1, -0.05) is 17.7 Å². The molecular formula is C22H25ClF2N2O4S. The van der Waals surface area contributed by atoms with E-state index < -0.39 is 34.0 Å². The van der Waals surface area contributed by atoms with E-state index in [-0.39, 0.29) is 39.8 Å². The minimum absolute atomic E-state index is 0.0104. The van der Waals surface area contributed by atoms with Crippen molar-refractivity contribution in [2.24, 2.45) is 0 Å². The van der Waals surface area contributed by atoms with Crippen LogP contribution < -0.4 is 5.32 Å². The monoisotopic (exact) mass is 486 g/mol. The molecule has 1 aliphatic rings. The molecular weight excluding hydrogens is 462 g/mol. The van der Waals surface area contributed by atoms with E-state index in [4.69, 9.17) is 11.6 Å². The number of amides is 1. The fraction of sp³-hybridized carbons (Fsp3) is 0.409. The van der Waals surface area contributed by atoms with Crippen molar-refractivity contribution in [1.29, 1.82) is 0 Å². The zero-order valence-electron chi connectivity index (χ0n) is 17.6. The molecule has 0 bridgehead atoms. The lowest BCUT2D eigenvalue weighted by atomic mass is 9.93. The number of hydrogen-bond acceptors (Lipinski definition) is 4. The molecule has 2 N–H and O–H groups in total. The first-order valence-electron chi connectivity index (χ1n) is 10.2. The highest BCUT2D eigenvalue weighted by molar-refractivity contribution is 7.89. The summed E-state index contributed by atoms with van der Waals surface area (Å²) in [4.78, 5) is 12.4. The molecule has 0 aromatic heterocycles. The van der Waals surface area contributed by atoms with Crippen LogP contribution >= 0.6 is 11.6 Å². The van der Waals surface area contributed by atoms with Gasteiger partial charge in [0.2, 0.25) is 10.0 Å². The summed E-state index contributed by atoms with van der Waals surface area (Å²) < 4.78 is 54.9.